The van der Waals surface area contributed by atoms with Crippen LogP contribution < -0.4 is 4.74 Å². The Kier molecular flexibility index (Phi) is 5.90. The number of hydrogen-bond acceptors (Lipinski definition) is 4. The molecule has 29 heavy (non-hydrogen) atoms. The van der Waals surface area contributed by atoms with Gasteiger partial charge in [0.2, 0.25) is 0 Å². The summed E-state index contributed by atoms with van der Waals surface area (Å²) in [4.78, 5) is 15.2. The van der Waals surface area contributed by atoms with Crippen molar-refractivity contribution >= 4 is 17.7 Å². The molecule has 150 valence electrons. The van der Waals surface area contributed by atoms with Crippen molar-refractivity contribution in [2.24, 2.45) is 7.05 Å². The first kappa shape index (κ1) is 19.6. The van der Waals surface area contributed by atoms with Gasteiger partial charge in [-0.15, -0.1) is 0 Å². The Bertz CT molecular complexity index is 987. The molecule has 1 amide bonds. The van der Waals surface area contributed by atoms with Crippen molar-refractivity contribution < 1.29 is 9.53 Å². The van der Waals surface area contributed by atoms with Crippen LogP contribution in [0.25, 0.3) is 11.3 Å². The van der Waals surface area contributed by atoms with E-state index in [0.29, 0.717) is 10.9 Å². The molecule has 1 aliphatic heterocycles. The minimum absolute atomic E-state index is 0.0375. The predicted molar refractivity (Wildman–Crippen MR) is 117 cm³/mol. The number of hydrogen-bond donors (Lipinski definition) is 0. The molecule has 1 saturated heterocycles. The van der Waals surface area contributed by atoms with Gasteiger partial charge in [-0.25, -0.2) is 0 Å². The molecule has 0 aliphatic carbocycles. The van der Waals surface area contributed by atoms with E-state index in [4.69, 9.17) is 4.74 Å². The Morgan fingerprint density at radius 1 is 1.10 bits per heavy atom. The molecule has 0 saturated carbocycles. The number of nitrogens with zero attached hydrogens (tertiary/aromatic N) is 3. The third kappa shape index (κ3) is 4.17. The van der Waals surface area contributed by atoms with Crippen LogP contribution in [0.5, 0.6) is 5.75 Å². The molecule has 0 spiro atoms. The molecule has 2 aromatic carbocycles. The monoisotopic (exact) mass is 407 g/mol. The summed E-state index contributed by atoms with van der Waals surface area (Å²) in [6.45, 7) is 1.50. The summed E-state index contributed by atoms with van der Waals surface area (Å²) in [6, 6.07) is 20.2. The Labute approximate surface area is 175 Å². The largest absolute Gasteiger partial charge is 0.496 e. The van der Waals surface area contributed by atoms with Crippen LogP contribution in [0.3, 0.4) is 0 Å². The average Bonchev–Trinajstić information content (AvgIpc) is 2.99. The van der Waals surface area contributed by atoms with Gasteiger partial charge in [-0.05, 0) is 30.2 Å². The highest BCUT2D eigenvalue weighted by Crippen LogP contribution is 2.35. The van der Waals surface area contributed by atoms with E-state index in [1.165, 1.54) is 5.56 Å². The van der Waals surface area contributed by atoms with Gasteiger partial charge in [0, 0.05) is 36.7 Å². The number of aromatic nitrogens is 2. The van der Waals surface area contributed by atoms with Crippen LogP contribution in [0.2, 0.25) is 0 Å². The number of methoxy groups -OCH3 is 1. The Morgan fingerprint density at radius 3 is 2.66 bits per heavy atom. The number of para-hydroxylation sites is 1. The summed E-state index contributed by atoms with van der Waals surface area (Å²) < 4.78 is 7.13. The molecular formula is C23H25N3O2S. The lowest BCUT2D eigenvalue weighted by molar-refractivity contribution is 0.0755. The molecule has 1 unspecified atom stereocenters. The SMILES string of the molecule is COc1ccccc1-c1cc(C(=O)N2CCSC(c3ccccc3)CC2)n(C)n1. The van der Waals surface area contributed by atoms with E-state index in [1.54, 1.807) is 11.8 Å². The maximum Gasteiger partial charge on any atom is 0.272 e. The van der Waals surface area contributed by atoms with Crippen molar-refractivity contribution in [3.63, 3.8) is 0 Å². The zero-order valence-corrected chi connectivity index (χ0v) is 17.6. The van der Waals surface area contributed by atoms with Gasteiger partial charge in [-0.3, -0.25) is 9.48 Å². The summed E-state index contributed by atoms with van der Waals surface area (Å²) in [7, 11) is 3.47. The van der Waals surface area contributed by atoms with E-state index in [9.17, 15) is 4.79 Å². The number of amides is 1. The summed E-state index contributed by atoms with van der Waals surface area (Å²) in [6.07, 6.45) is 0.956. The summed E-state index contributed by atoms with van der Waals surface area (Å²) >= 11 is 1.93. The lowest BCUT2D eigenvalue weighted by Crippen LogP contribution is -2.34. The highest BCUT2D eigenvalue weighted by molar-refractivity contribution is 7.99. The average molecular weight is 408 g/mol. The fraction of sp³-hybridized carbons (Fsp3) is 0.304. The van der Waals surface area contributed by atoms with Crippen LogP contribution in [-0.4, -0.2) is 46.5 Å². The first-order chi connectivity index (χ1) is 14.2. The Morgan fingerprint density at radius 2 is 1.86 bits per heavy atom. The Balaban J connectivity index is 1.52. The molecule has 1 atom stereocenters. The van der Waals surface area contributed by atoms with Crippen LogP contribution in [0.15, 0.2) is 60.7 Å². The third-order valence-electron chi connectivity index (χ3n) is 5.28. The van der Waals surface area contributed by atoms with Gasteiger partial charge >= 0.3 is 0 Å². The molecule has 2 heterocycles. The summed E-state index contributed by atoms with van der Waals surface area (Å²) in [5, 5.41) is 5.01. The van der Waals surface area contributed by atoms with Crippen molar-refractivity contribution in [1.82, 2.24) is 14.7 Å². The zero-order chi connectivity index (χ0) is 20.2. The van der Waals surface area contributed by atoms with E-state index < -0.39 is 0 Å². The normalized spacial score (nSPS) is 17.0. The van der Waals surface area contributed by atoms with Crippen molar-refractivity contribution in [3.05, 3.63) is 71.9 Å². The van der Waals surface area contributed by atoms with Gasteiger partial charge in [-0.1, -0.05) is 42.5 Å². The minimum atomic E-state index is 0.0375. The molecule has 0 radical (unpaired) electrons. The van der Waals surface area contributed by atoms with E-state index >= 15 is 0 Å². The number of carbonyl (C=O) groups excluding carboxylic acids is 1. The predicted octanol–water partition coefficient (Wildman–Crippen LogP) is 4.42. The van der Waals surface area contributed by atoms with Crippen molar-refractivity contribution in [2.75, 3.05) is 26.0 Å². The quantitative estimate of drug-likeness (QED) is 0.642. The second-order valence-corrected chi connectivity index (χ2v) is 8.40. The lowest BCUT2D eigenvalue weighted by Gasteiger charge is -2.20. The van der Waals surface area contributed by atoms with Crippen LogP contribution in [0, 0.1) is 0 Å². The van der Waals surface area contributed by atoms with Gasteiger partial charge in [0.05, 0.1) is 12.8 Å². The van der Waals surface area contributed by atoms with Crippen LogP contribution in [-0.2, 0) is 7.05 Å². The van der Waals surface area contributed by atoms with E-state index in [0.717, 1.165) is 42.3 Å². The number of benzene rings is 2. The molecular weight excluding hydrogens is 382 g/mol. The number of thioether (sulfide) groups is 1. The number of carbonyl (C=O) groups is 1. The van der Waals surface area contributed by atoms with Crippen LogP contribution in [0.4, 0.5) is 0 Å². The molecule has 0 N–H and O–H groups in total. The van der Waals surface area contributed by atoms with Gasteiger partial charge in [-0.2, -0.15) is 16.9 Å². The van der Waals surface area contributed by atoms with Gasteiger partial charge in [0.1, 0.15) is 11.4 Å². The smallest absolute Gasteiger partial charge is 0.272 e. The van der Waals surface area contributed by atoms with E-state index in [1.807, 2.05) is 60.1 Å². The van der Waals surface area contributed by atoms with Crippen molar-refractivity contribution in [1.29, 1.82) is 0 Å². The highest BCUT2D eigenvalue weighted by atomic mass is 32.2. The first-order valence-corrected chi connectivity index (χ1v) is 10.9. The second-order valence-electron chi connectivity index (χ2n) is 7.09. The molecule has 1 aromatic heterocycles. The molecule has 3 aromatic rings. The number of rotatable bonds is 4. The molecule has 1 aliphatic rings. The zero-order valence-electron chi connectivity index (χ0n) is 16.7. The standard InChI is InChI=1S/C23H25N3O2S/c1-25-20(16-19(24-25)18-10-6-7-11-21(18)28-2)23(27)26-13-12-22(29-15-14-26)17-8-4-3-5-9-17/h3-11,16,22H,12-15H2,1-2H3. The molecule has 4 rings (SSSR count). The highest BCUT2D eigenvalue weighted by Gasteiger charge is 2.25. The topological polar surface area (TPSA) is 47.4 Å². The minimum Gasteiger partial charge on any atom is -0.496 e. The fourth-order valence-electron chi connectivity index (χ4n) is 3.72. The summed E-state index contributed by atoms with van der Waals surface area (Å²) in [5.74, 6) is 1.72. The fourth-order valence-corrected chi connectivity index (χ4v) is 4.96. The molecule has 0 bridgehead atoms. The molecule has 5 nitrogen and oxygen atoms in total. The van der Waals surface area contributed by atoms with Crippen LogP contribution >= 0.6 is 11.8 Å². The van der Waals surface area contributed by atoms with Crippen molar-refractivity contribution in [3.8, 4) is 17.0 Å². The maximum absolute atomic E-state index is 13.2. The van der Waals surface area contributed by atoms with Gasteiger partial charge < -0.3 is 9.64 Å². The maximum atomic E-state index is 13.2. The van der Waals surface area contributed by atoms with Gasteiger partial charge in [0.25, 0.3) is 5.91 Å². The number of ether oxygens (including phenoxy) is 1. The van der Waals surface area contributed by atoms with E-state index in [-0.39, 0.29) is 5.91 Å². The Hall–Kier alpha value is -2.73. The lowest BCUT2D eigenvalue weighted by atomic mass is 10.1. The first-order valence-electron chi connectivity index (χ1n) is 9.80. The number of aryl methyl sites for hydroxylation is 1. The van der Waals surface area contributed by atoms with E-state index in [2.05, 4.69) is 29.4 Å². The molecule has 1 fully saturated rings. The van der Waals surface area contributed by atoms with Crippen molar-refractivity contribution in [2.45, 2.75) is 11.7 Å². The van der Waals surface area contributed by atoms with Crippen LogP contribution in [0.1, 0.15) is 27.7 Å². The second kappa shape index (κ2) is 8.74. The third-order valence-corrected chi connectivity index (χ3v) is 6.61. The summed E-state index contributed by atoms with van der Waals surface area (Å²) in [5.41, 5.74) is 3.58. The van der Waals surface area contributed by atoms with Gasteiger partial charge in [0.15, 0.2) is 0 Å². The molecule has 6 heteroatoms.